The van der Waals surface area contributed by atoms with Gasteiger partial charge in [-0.05, 0) is 20.3 Å². The number of nitrogens with one attached hydrogen (secondary N) is 2. The Morgan fingerprint density at radius 2 is 2.26 bits per heavy atom. The molecule has 2 aromatic rings. The van der Waals surface area contributed by atoms with Crippen molar-refractivity contribution < 1.29 is 4.74 Å². The molecule has 0 saturated heterocycles. The van der Waals surface area contributed by atoms with Gasteiger partial charge in [-0.15, -0.1) is 0 Å². The molecule has 0 aliphatic carbocycles. The third kappa shape index (κ3) is 3.67. The molecule has 1 atom stereocenters. The second-order valence-corrected chi connectivity index (χ2v) is 4.36. The molecule has 102 valence electrons. The molecule has 0 amide bonds. The molecule has 0 aromatic carbocycles. The van der Waals surface area contributed by atoms with E-state index < -0.39 is 0 Å². The van der Waals surface area contributed by atoms with Crippen LogP contribution in [0, 0.1) is 6.92 Å². The number of aromatic nitrogens is 4. The highest BCUT2D eigenvalue weighted by atomic mass is 16.5. The van der Waals surface area contributed by atoms with Crippen molar-refractivity contribution in [2.45, 2.75) is 33.2 Å². The molecule has 1 unspecified atom stereocenters. The summed E-state index contributed by atoms with van der Waals surface area (Å²) in [5.41, 5.74) is 0.871. The van der Waals surface area contributed by atoms with Gasteiger partial charge in [0.1, 0.15) is 5.82 Å². The van der Waals surface area contributed by atoms with Crippen molar-refractivity contribution in [3.05, 3.63) is 30.0 Å². The van der Waals surface area contributed by atoms with E-state index in [4.69, 9.17) is 4.74 Å². The molecule has 0 saturated carbocycles. The molecule has 0 bridgehead atoms. The molecule has 2 rings (SSSR count). The van der Waals surface area contributed by atoms with Gasteiger partial charge in [-0.25, -0.2) is 9.97 Å². The fraction of sp³-hybridized carbons (Fsp3) is 0.462. The molecule has 6 nitrogen and oxygen atoms in total. The molecule has 0 aliphatic rings. The average molecular weight is 261 g/mol. The van der Waals surface area contributed by atoms with Crippen LogP contribution >= 0.6 is 0 Å². The van der Waals surface area contributed by atoms with Gasteiger partial charge in [0.25, 0.3) is 0 Å². The lowest BCUT2D eigenvalue weighted by Crippen LogP contribution is -2.12. The standard InChI is InChI=1S/C13H19N5O/c1-4-7-19-11-8-9(2)16-13(18-11)17-10(3)12-14-5-6-15-12/h5-6,8,10H,4,7H2,1-3H3,(H,14,15)(H,16,17,18). The van der Waals surface area contributed by atoms with Crippen molar-refractivity contribution in [3.63, 3.8) is 0 Å². The number of hydrogen-bond acceptors (Lipinski definition) is 5. The lowest BCUT2D eigenvalue weighted by molar-refractivity contribution is 0.305. The van der Waals surface area contributed by atoms with Crippen LogP contribution in [-0.4, -0.2) is 26.5 Å². The van der Waals surface area contributed by atoms with E-state index in [9.17, 15) is 0 Å². The molecule has 0 aliphatic heterocycles. The van der Waals surface area contributed by atoms with Crippen LogP contribution in [-0.2, 0) is 0 Å². The number of H-pyrrole nitrogens is 1. The topological polar surface area (TPSA) is 75.7 Å². The fourth-order valence-electron chi connectivity index (χ4n) is 1.66. The van der Waals surface area contributed by atoms with Crippen LogP contribution in [0.5, 0.6) is 5.88 Å². The zero-order valence-electron chi connectivity index (χ0n) is 11.5. The van der Waals surface area contributed by atoms with Crippen LogP contribution in [0.4, 0.5) is 5.95 Å². The molecule has 0 radical (unpaired) electrons. The Labute approximate surface area is 112 Å². The van der Waals surface area contributed by atoms with Crippen molar-refractivity contribution in [3.8, 4) is 5.88 Å². The number of aromatic amines is 1. The summed E-state index contributed by atoms with van der Waals surface area (Å²) in [6, 6.07) is 1.84. The van der Waals surface area contributed by atoms with E-state index in [0.29, 0.717) is 18.4 Å². The maximum Gasteiger partial charge on any atom is 0.226 e. The highest BCUT2D eigenvalue weighted by Gasteiger charge is 2.10. The van der Waals surface area contributed by atoms with Crippen LogP contribution in [0.3, 0.4) is 0 Å². The normalized spacial score (nSPS) is 12.2. The summed E-state index contributed by atoms with van der Waals surface area (Å²) in [4.78, 5) is 15.9. The zero-order valence-corrected chi connectivity index (χ0v) is 11.5. The Morgan fingerprint density at radius 3 is 2.95 bits per heavy atom. The van der Waals surface area contributed by atoms with Crippen LogP contribution in [0.2, 0.25) is 0 Å². The van der Waals surface area contributed by atoms with Crippen LogP contribution in [0.15, 0.2) is 18.5 Å². The first-order valence-corrected chi connectivity index (χ1v) is 6.43. The van der Waals surface area contributed by atoms with E-state index in [1.165, 1.54) is 0 Å². The molecule has 2 heterocycles. The summed E-state index contributed by atoms with van der Waals surface area (Å²) in [5, 5.41) is 3.21. The minimum atomic E-state index is 0.0100. The van der Waals surface area contributed by atoms with Crippen molar-refractivity contribution in [2.75, 3.05) is 11.9 Å². The number of anilines is 1. The van der Waals surface area contributed by atoms with E-state index in [2.05, 4.69) is 32.2 Å². The van der Waals surface area contributed by atoms with Gasteiger partial charge in [-0.1, -0.05) is 6.92 Å². The molecule has 2 aromatic heterocycles. The first-order chi connectivity index (χ1) is 9.19. The third-order valence-electron chi connectivity index (χ3n) is 2.56. The van der Waals surface area contributed by atoms with Gasteiger partial charge in [-0.2, -0.15) is 4.98 Å². The fourth-order valence-corrected chi connectivity index (χ4v) is 1.66. The summed E-state index contributed by atoms with van der Waals surface area (Å²) < 4.78 is 5.53. The Hall–Kier alpha value is -2.11. The van der Waals surface area contributed by atoms with Gasteiger partial charge >= 0.3 is 0 Å². The minimum Gasteiger partial charge on any atom is -0.478 e. The van der Waals surface area contributed by atoms with Crippen molar-refractivity contribution in [1.82, 2.24) is 19.9 Å². The number of nitrogens with zero attached hydrogens (tertiary/aromatic N) is 3. The van der Waals surface area contributed by atoms with Gasteiger partial charge in [-0.3, -0.25) is 0 Å². The van der Waals surface area contributed by atoms with E-state index in [0.717, 1.165) is 17.9 Å². The van der Waals surface area contributed by atoms with E-state index in [1.54, 1.807) is 12.4 Å². The van der Waals surface area contributed by atoms with E-state index in [1.807, 2.05) is 19.9 Å². The maximum absolute atomic E-state index is 5.53. The molecule has 0 fully saturated rings. The summed E-state index contributed by atoms with van der Waals surface area (Å²) in [6.07, 6.45) is 4.47. The van der Waals surface area contributed by atoms with Crippen molar-refractivity contribution in [1.29, 1.82) is 0 Å². The van der Waals surface area contributed by atoms with Crippen LogP contribution in [0.25, 0.3) is 0 Å². The predicted molar refractivity (Wildman–Crippen MR) is 73.2 cm³/mol. The third-order valence-corrected chi connectivity index (χ3v) is 2.56. The molecule has 2 N–H and O–H groups in total. The molecule has 6 heteroatoms. The van der Waals surface area contributed by atoms with Gasteiger partial charge in [0.05, 0.1) is 12.6 Å². The number of hydrogen-bond donors (Lipinski definition) is 2. The Bertz CT molecular complexity index is 512. The number of aryl methyl sites for hydroxylation is 1. The van der Waals surface area contributed by atoms with Crippen LogP contribution < -0.4 is 10.1 Å². The minimum absolute atomic E-state index is 0.0100. The first-order valence-electron chi connectivity index (χ1n) is 6.43. The monoisotopic (exact) mass is 261 g/mol. The van der Waals surface area contributed by atoms with Gasteiger partial charge in [0.2, 0.25) is 11.8 Å². The number of ether oxygens (including phenoxy) is 1. The molecule has 0 spiro atoms. The van der Waals surface area contributed by atoms with Gasteiger partial charge in [0, 0.05) is 24.2 Å². The number of rotatable bonds is 6. The predicted octanol–water partition coefficient (Wildman–Crippen LogP) is 2.47. The van der Waals surface area contributed by atoms with Crippen molar-refractivity contribution >= 4 is 5.95 Å². The lowest BCUT2D eigenvalue weighted by Gasteiger charge is -2.13. The Balaban J connectivity index is 2.09. The largest absolute Gasteiger partial charge is 0.478 e. The van der Waals surface area contributed by atoms with E-state index >= 15 is 0 Å². The zero-order chi connectivity index (χ0) is 13.7. The Kier molecular flexibility index (Phi) is 4.33. The second kappa shape index (κ2) is 6.17. The average Bonchev–Trinajstić information content (AvgIpc) is 2.89. The summed E-state index contributed by atoms with van der Waals surface area (Å²) in [6.45, 7) is 6.64. The maximum atomic E-state index is 5.53. The summed E-state index contributed by atoms with van der Waals surface area (Å²) >= 11 is 0. The smallest absolute Gasteiger partial charge is 0.226 e. The first kappa shape index (κ1) is 13.3. The Morgan fingerprint density at radius 1 is 1.42 bits per heavy atom. The summed E-state index contributed by atoms with van der Waals surface area (Å²) in [5.74, 6) is 2.00. The summed E-state index contributed by atoms with van der Waals surface area (Å²) in [7, 11) is 0. The second-order valence-electron chi connectivity index (χ2n) is 4.36. The highest BCUT2D eigenvalue weighted by molar-refractivity contribution is 5.32. The molecule has 19 heavy (non-hydrogen) atoms. The van der Waals surface area contributed by atoms with E-state index in [-0.39, 0.29) is 6.04 Å². The quantitative estimate of drug-likeness (QED) is 0.835. The number of imidazole rings is 1. The molecular weight excluding hydrogens is 242 g/mol. The van der Waals surface area contributed by atoms with Crippen LogP contribution in [0.1, 0.15) is 37.8 Å². The van der Waals surface area contributed by atoms with Gasteiger partial charge in [0.15, 0.2) is 0 Å². The molecular formula is C13H19N5O. The van der Waals surface area contributed by atoms with Gasteiger partial charge < -0.3 is 15.0 Å². The highest BCUT2D eigenvalue weighted by Crippen LogP contribution is 2.16. The SMILES string of the molecule is CCCOc1cc(C)nc(NC(C)c2ncc[nH]2)n1. The van der Waals surface area contributed by atoms with Crippen molar-refractivity contribution in [2.24, 2.45) is 0 Å². The lowest BCUT2D eigenvalue weighted by atomic mass is 10.3.